The molecule has 1 aromatic heterocycles. The summed E-state index contributed by atoms with van der Waals surface area (Å²) in [6, 6.07) is 22.2. The third kappa shape index (κ3) is 4.93. The number of hydrogen-bond donors (Lipinski definition) is 1. The average molecular weight is 477 g/mol. The highest BCUT2D eigenvalue weighted by Crippen LogP contribution is 2.23. The van der Waals surface area contributed by atoms with Gasteiger partial charge in [-0.15, -0.1) is 0 Å². The minimum atomic E-state index is -4.07. The number of aryl methyl sites for hydroxylation is 1. The number of methoxy groups -OCH3 is 1. The van der Waals surface area contributed by atoms with E-state index < -0.39 is 16.0 Å². The molecule has 0 aliphatic heterocycles. The lowest BCUT2D eigenvalue weighted by Crippen LogP contribution is -2.32. The number of pyridine rings is 1. The second-order valence-corrected chi connectivity index (χ2v) is 9.93. The lowest BCUT2D eigenvalue weighted by molar-refractivity contribution is 0.0600. The number of fused-ring (bicyclic) bond motifs is 1. The van der Waals surface area contributed by atoms with Crippen molar-refractivity contribution in [3.63, 3.8) is 0 Å². The molecule has 0 aliphatic rings. The quantitative estimate of drug-likeness (QED) is 0.407. The molecule has 7 nitrogen and oxygen atoms in total. The minimum Gasteiger partial charge on any atom is -0.465 e. The molecule has 34 heavy (non-hydrogen) atoms. The highest BCUT2D eigenvalue weighted by atomic mass is 32.2. The number of sulfonamides is 1. The van der Waals surface area contributed by atoms with Gasteiger partial charge >= 0.3 is 5.97 Å². The number of hydrogen-bond acceptors (Lipinski definition) is 5. The Balaban J connectivity index is 1.78. The van der Waals surface area contributed by atoms with E-state index in [1.165, 1.54) is 35.7 Å². The van der Waals surface area contributed by atoms with E-state index >= 15 is 0 Å². The molecule has 4 aromatic rings. The third-order valence-electron chi connectivity index (χ3n) is 5.52. The molecule has 0 aliphatic carbocycles. The van der Waals surface area contributed by atoms with Gasteiger partial charge in [0.05, 0.1) is 17.6 Å². The molecule has 174 valence electrons. The van der Waals surface area contributed by atoms with Crippen LogP contribution in [0.5, 0.6) is 0 Å². The third-order valence-corrected chi connectivity index (χ3v) is 7.31. The molecule has 0 unspecified atom stereocenters. The minimum absolute atomic E-state index is 0.0526. The van der Waals surface area contributed by atoms with Crippen LogP contribution in [-0.2, 0) is 27.8 Å². The number of nitrogens with one attached hydrogen (secondary N) is 1. The fraction of sp³-hybridized carbons (Fsp3) is 0.154. The van der Waals surface area contributed by atoms with Crippen molar-refractivity contribution in [2.45, 2.75) is 24.9 Å². The first-order valence-electron chi connectivity index (χ1n) is 10.6. The standard InChI is InChI=1S/C26H24N2O5S/c1-18-11-12-20-14-22(25(29)27-24(20)13-18)17-28(16-19-7-4-3-5-8-19)34(31,32)23-10-6-9-21(15-23)26(30)33-2/h3-15H,16-17H2,1-2H3,(H,27,29). The Morgan fingerprint density at radius 1 is 0.941 bits per heavy atom. The van der Waals surface area contributed by atoms with Crippen molar-refractivity contribution in [1.29, 1.82) is 0 Å². The first-order chi connectivity index (χ1) is 16.3. The summed E-state index contributed by atoms with van der Waals surface area (Å²) in [5, 5.41) is 0.810. The highest BCUT2D eigenvalue weighted by Gasteiger charge is 2.27. The molecular formula is C26H24N2O5S. The van der Waals surface area contributed by atoms with E-state index in [9.17, 15) is 18.0 Å². The maximum atomic E-state index is 13.7. The van der Waals surface area contributed by atoms with E-state index in [-0.39, 0.29) is 29.1 Å². The molecular weight excluding hydrogens is 452 g/mol. The van der Waals surface area contributed by atoms with Crippen LogP contribution in [0.3, 0.4) is 0 Å². The molecule has 4 rings (SSSR count). The van der Waals surface area contributed by atoms with Crippen molar-refractivity contribution in [3.8, 4) is 0 Å². The number of aromatic amines is 1. The molecule has 1 heterocycles. The number of rotatable bonds is 7. The van der Waals surface area contributed by atoms with Crippen LogP contribution >= 0.6 is 0 Å². The molecule has 0 saturated carbocycles. The first-order valence-corrected chi connectivity index (χ1v) is 12.1. The van der Waals surface area contributed by atoms with Crippen molar-refractivity contribution in [1.82, 2.24) is 9.29 Å². The summed E-state index contributed by atoms with van der Waals surface area (Å²) in [6.45, 7) is 1.85. The number of ether oxygens (including phenoxy) is 1. The second-order valence-electron chi connectivity index (χ2n) is 7.99. The van der Waals surface area contributed by atoms with Gasteiger partial charge in [0.2, 0.25) is 10.0 Å². The van der Waals surface area contributed by atoms with Crippen molar-refractivity contribution in [2.75, 3.05) is 7.11 Å². The van der Waals surface area contributed by atoms with E-state index in [4.69, 9.17) is 4.74 Å². The van der Waals surface area contributed by atoms with Gasteiger partial charge in [0.25, 0.3) is 5.56 Å². The van der Waals surface area contributed by atoms with Crippen molar-refractivity contribution < 1.29 is 17.9 Å². The summed E-state index contributed by atoms with van der Waals surface area (Å²) in [7, 11) is -2.83. The molecule has 0 radical (unpaired) electrons. The van der Waals surface area contributed by atoms with Crippen LogP contribution in [0.4, 0.5) is 0 Å². The fourth-order valence-electron chi connectivity index (χ4n) is 3.73. The SMILES string of the molecule is COC(=O)c1cccc(S(=O)(=O)N(Cc2ccccc2)Cc2cc3ccc(C)cc3[nH]c2=O)c1. The zero-order valence-corrected chi connectivity index (χ0v) is 19.6. The van der Waals surface area contributed by atoms with Crippen molar-refractivity contribution >= 4 is 26.9 Å². The van der Waals surface area contributed by atoms with Crippen LogP contribution in [0.2, 0.25) is 0 Å². The number of H-pyrrole nitrogens is 1. The fourth-order valence-corrected chi connectivity index (χ4v) is 5.18. The predicted octanol–water partition coefficient (Wildman–Crippen LogP) is 4.01. The summed E-state index contributed by atoms with van der Waals surface area (Å²) in [6.07, 6.45) is 0. The van der Waals surface area contributed by atoms with Crippen LogP contribution in [-0.4, -0.2) is 30.8 Å². The van der Waals surface area contributed by atoms with Gasteiger partial charge in [-0.25, -0.2) is 13.2 Å². The largest absolute Gasteiger partial charge is 0.465 e. The Labute approximate surface area is 197 Å². The Morgan fingerprint density at radius 2 is 1.71 bits per heavy atom. The van der Waals surface area contributed by atoms with Gasteiger partial charge in [-0.05, 0) is 53.8 Å². The molecule has 8 heteroatoms. The van der Waals surface area contributed by atoms with Gasteiger partial charge < -0.3 is 9.72 Å². The van der Waals surface area contributed by atoms with Crippen LogP contribution < -0.4 is 5.56 Å². The van der Waals surface area contributed by atoms with Crippen LogP contribution in [0.25, 0.3) is 10.9 Å². The monoisotopic (exact) mass is 476 g/mol. The van der Waals surface area contributed by atoms with E-state index in [0.29, 0.717) is 11.1 Å². The summed E-state index contributed by atoms with van der Waals surface area (Å²) in [4.78, 5) is 27.6. The first kappa shape index (κ1) is 23.4. The molecule has 3 aromatic carbocycles. The zero-order chi connectivity index (χ0) is 24.3. The van der Waals surface area contributed by atoms with Gasteiger partial charge in [-0.1, -0.05) is 48.5 Å². The molecule has 0 fully saturated rings. The van der Waals surface area contributed by atoms with Gasteiger partial charge in [-0.3, -0.25) is 4.79 Å². The Kier molecular flexibility index (Phi) is 6.63. The number of aromatic nitrogens is 1. The lowest BCUT2D eigenvalue weighted by atomic mass is 10.1. The van der Waals surface area contributed by atoms with Gasteiger partial charge in [0, 0.05) is 24.2 Å². The van der Waals surface area contributed by atoms with Gasteiger partial charge in [0.1, 0.15) is 0 Å². The number of carbonyl (C=O) groups is 1. The summed E-state index contributed by atoms with van der Waals surface area (Å²) in [5.74, 6) is -0.632. The normalized spacial score (nSPS) is 11.6. The van der Waals surface area contributed by atoms with E-state index in [2.05, 4.69) is 4.98 Å². The van der Waals surface area contributed by atoms with Crippen LogP contribution in [0.15, 0.2) is 88.6 Å². The number of benzene rings is 3. The van der Waals surface area contributed by atoms with Crippen molar-refractivity contribution in [2.24, 2.45) is 0 Å². The van der Waals surface area contributed by atoms with Crippen LogP contribution in [0, 0.1) is 6.92 Å². The Hall–Kier alpha value is -3.75. The average Bonchev–Trinajstić information content (AvgIpc) is 2.84. The van der Waals surface area contributed by atoms with Crippen molar-refractivity contribution in [3.05, 3.63) is 111 Å². The lowest BCUT2D eigenvalue weighted by Gasteiger charge is -2.23. The highest BCUT2D eigenvalue weighted by molar-refractivity contribution is 7.89. The second kappa shape index (κ2) is 9.62. The Bertz CT molecular complexity index is 1510. The number of carbonyl (C=O) groups excluding carboxylic acids is 1. The van der Waals surface area contributed by atoms with E-state index in [1.807, 2.05) is 55.5 Å². The molecule has 0 spiro atoms. The molecule has 1 N–H and O–H groups in total. The molecule has 0 saturated heterocycles. The molecule has 0 bridgehead atoms. The molecule has 0 amide bonds. The topological polar surface area (TPSA) is 96.5 Å². The maximum absolute atomic E-state index is 13.7. The number of esters is 1. The molecule has 0 atom stereocenters. The number of nitrogens with zero attached hydrogens (tertiary/aromatic N) is 1. The van der Waals surface area contributed by atoms with Crippen LogP contribution in [0.1, 0.15) is 27.0 Å². The zero-order valence-electron chi connectivity index (χ0n) is 18.8. The smallest absolute Gasteiger partial charge is 0.337 e. The summed E-state index contributed by atoms with van der Waals surface area (Å²) < 4.78 is 33.3. The maximum Gasteiger partial charge on any atom is 0.337 e. The summed E-state index contributed by atoms with van der Waals surface area (Å²) in [5.41, 5.74) is 2.56. The Morgan fingerprint density at radius 3 is 2.44 bits per heavy atom. The van der Waals surface area contributed by atoms with Gasteiger partial charge in [0.15, 0.2) is 0 Å². The van der Waals surface area contributed by atoms with E-state index in [1.54, 1.807) is 6.07 Å². The summed E-state index contributed by atoms with van der Waals surface area (Å²) >= 11 is 0. The van der Waals surface area contributed by atoms with E-state index in [0.717, 1.165) is 16.5 Å². The van der Waals surface area contributed by atoms with Gasteiger partial charge in [-0.2, -0.15) is 4.31 Å². The predicted molar refractivity (Wildman–Crippen MR) is 130 cm³/mol.